The van der Waals surface area contributed by atoms with Gasteiger partial charge in [0.1, 0.15) is 0 Å². The average Bonchev–Trinajstić information content (AvgIpc) is 3.48. The quantitative estimate of drug-likeness (QED) is 0.743. The number of nitrogens with one attached hydrogen (secondary N) is 2. The first-order valence-electron chi connectivity index (χ1n) is 8.40. The molecule has 2 N–H and O–H groups in total. The van der Waals surface area contributed by atoms with Gasteiger partial charge in [0.05, 0.1) is 0 Å². The largest absolute Gasteiger partial charge is 0.326 e. The van der Waals surface area contributed by atoms with Crippen molar-refractivity contribution in [3.63, 3.8) is 0 Å². The zero-order chi connectivity index (χ0) is 17.2. The molecule has 1 fully saturated rings. The minimum atomic E-state index is -0.152. The predicted molar refractivity (Wildman–Crippen MR) is 99.7 cm³/mol. The van der Waals surface area contributed by atoms with Crippen molar-refractivity contribution in [2.45, 2.75) is 12.8 Å². The predicted octanol–water partition coefficient (Wildman–Crippen LogP) is 4.44. The molecule has 0 saturated heterocycles. The lowest BCUT2D eigenvalue weighted by Gasteiger charge is -2.08. The molecule has 0 aromatic heterocycles. The van der Waals surface area contributed by atoms with E-state index >= 15 is 0 Å². The second-order valence-electron chi connectivity index (χ2n) is 6.36. The van der Waals surface area contributed by atoms with Crippen LogP contribution in [0.25, 0.3) is 10.8 Å². The maximum absolute atomic E-state index is 12.4. The van der Waals surface area contributed by atoms with Gasteiger partial charge < -0.3 is 10.6 Å². The van der Waals surface area contributed by atoms with E-state index in [1.54, 1.807) is 24.3 Å². The van der Waals surface area contributed by atoms with Gasteiger partial charge in [-0.1, -0.05) is 30.3 Å². The third-order valence-corrected chi connectivity index (χ3v) is 4.37. The first-order valence-corrected chi connectivity index (χ1v) is 8.40. The molecular weight excluding hydrogens is 312 g/mol. The van der Waals surface area contributed by atoms with E-state index in [-0.39, 0.29) is 17.7 Å². The third kappa shape index (κ3) is 3.53. The number of carbonyl (C=O) groups is 2. The Morgan fingerprint density at radius 3 is 2.08 bits per heavy atom. The summed E-state index contributed by atoms with van der Waals surface area (Å²) in [6, 6.07) is 20.8. The van der Waals surface area contributed by atoms with Gasteiger partial charge in [0.2, 0.25) is 5.91 Å². The van der Waals surface area contributed by atoms with Crippen molar-refractivity contribution in [1.82, 2.24) is 0 Å². The van der Waals surface area contributed by atoms with E-state index in [2.05, 4.69) is 10.6 Å². The van der Waals surface area contributed by atoms with Crippen LogP contribution in [0.15, 0.2) is 66.7 Å². The number of hydrogen-bond donors (Lipinski definition) is 2. The molecule has 4 heteroatoms. The molecule has 0 heterocycles. The summed E-state index contributed by atoms with van der Waals surface area (Å²) in [5.41, 5.74) is 2.06. The Balaban J connectivity index is 1.45. The summed E-state index contributed by atoms with van der Waals surface area (Å²) in [5, 5.41) is 7.91. The lowest BCUT2D eigenvalue weighted by molar-refractivity contribution is -0.117. The van der Waals surface area contributed by atoms with Gasteiger partial charge in [-0.05, 0) is 60.0 Å². The molecule has 1 aliphatic rings. The molecule has 0 spiro atoms. The molecule has 25 heavy (non-hydrogen) atoms. The molecule has 3 aromatic rings. The van der Waals surface area contributed by atoms with Crippen molar-refractivity contribution < 1.29 is 9.59 Å². The highest BCUT2D eigenvalue weighted by atomic mass is 16.2. The van der Waals surface area contributed by atoms with Crippen LogP contribution < -0.4 is 10.6 Å². The van der Waals surface area contributed by atoms with Crippen LogP contribution in [0.1, 0.15) is 23.2 Å². The Morgan fingerprint density at radius 2 is 1.40 bits per heavy atom. The zero-order valence-corrected chi connectivity index (χ0v) is 13.7. The highest BCUT2D eigenvalue weighted by molar-refractivity contribution is 6.06. The molecule has 3 aromatic carbocycles. The van der Waals surface area contributed by atoms with E-state index in [0.717, 1.165) is 29.3 Å². The molecule has 0 bridgehead atoms. The van der Waals surface area contributed by atoms with Gasteiger partial charge in [-0.2, -0.15) is 0 Å². The monoisotopic (exact) mass is 330 g/mol. The SMILES string of the molecule is O=C(Nc1ccc(NC(=O)C2CC2)cc1)c1ccc2ccccc2c1. The third-order valence-electron chi connectivity index (χ3n) is 4.37. The second-order valence-corrected chi connectivity index (χ2v) is 6.36. The standard InChI is InChI=1S/C21H18N2O2/c24-20(15-6-7-15)22-18-9-11-19(12-10-18)23-21(25)17-8-5-14-3-1-2-4-16(14)13-17/h1-5,8-13,15H,6-7H2,(H,22,24)(H,23,25). The Bertz CT molecular complexity index is 944. The van der Waals surface area contributed by atoms with Crippen LogP contribution >= 0.6 is 0 Å². The van der Waals surface area contributed by atoms with Gasteiger partial charge in [0, 0.05) is 22.9 Å². The van der Waals surface area contributed by atoms with E-state index in [0.29, 0.717) is 11.3 Å². The molecule has 1 saturated carbocycles. The fourth-order valence-corrected chi connectivity index (χ4v) is 2.76. The maximum atomic E-state index is 12.4. The fourth-order valence-electron chi connectivity index (χ4n) is 2.76. The van der Waals surface area contributed by atoms with Crippen molar-refractivity contribution in [3.05, 3.63) is 72.3 Å². The summed E-state index contributed by atoms with van der Waals surface area (Å²) < 4.78 is 0. The Hall–Kier alpha value is -3.14. The van der Waals surface area contributed by atoms with Crippen molar-refractivity contribution >= 4 is 34.0 Å². The summed E-state index contributed by atoms with van der Waals surface area (Å²) in [5.74, 6) is 0.0979. The molecule has 4 rings (SSSR count). The van der Waals surface area contributed by atoms with Gasteiger partial charge >= 0.3 is 0 Å². The number of carbonyl (C=O) groups excluding carboxylic acids is 2. The summed E-state index contributed by atoms with van der Waals surface area (Å²) in [6.45, 7) is 0. The lowest BCUT2D eigenvalue weighted by Crippen LogP contribution is -2.14. The van der Waals surface area contributed by atoms with Gasteiger partial charge in [-0.15, -0.1) is 0 Å². The molecule has 0 radical (unpaired) electrons. The van der Waals surface area contributed by atoms with E-state index < -0.39 is 0 Å². The van der Waals surface area contributed by atoms with Crippen LogP contribution in [0.4, 0.5) is 11.4 Å². The first-order chi connectivity index (χ1) is 12.2. The van der Waals surface area contributed by atoms with Gasteiger partial charge in [-0.25, -0.2) is 0 Å². The number of benzene rings is 3. The van der Waals surface area contributed by atoms with Crippen LogP contribution in [0, 0.1) is 5.92 Å². The van der Waals surface area contributed by atoms with Gasteiger partial charge in [-0.3, -0.25) is 9.59 Å². The summed E-state index contributed by atoms with van der Waals surface area (Å²) >= 11 is 0. The van der Waals surface area contributed by atoms with Crippen molar-refractivity contribution in [1.29, 1.82) is 0 Å². The minimum absolute atomic E-state index is 0.0768. The fraction of sp³-hybridized carbons (Fsp3) is 0.143. The van der Waals surface area contributed by atoms with Crippen LogP contribution in [0.3, 0.4) is 0 Å². The molecule has 1 aliphatic carbocycles. The maximum Gasteiger partial charge on any atom is 0.255 e. The van der Waals surface area contributed by atoms with E-state index in [4.69, 9.17) is 0 Å². The minimum Gasteiger partial charge on any atom is -0.326 e. The number of rotatable bonds is 4. The molecule has 124 valence electrons. The number of amides is 2. The second kappa shape index (κ2) is 6.40. The lowest BCUT2D eigenvalue weighted by atomic mass is 10.1. The van der Waals surface area contributed by atoms with Crippen molar-refractivity contribution in [3.8, 4) is 0 Å². The molecule has 0 unspecified atom stereocenters. The van der Waals surface area contributed by atoms with Crippen LogP contribution in [-0.2, 0) is 4.79 Å². The van der Waals surface area contributed by atoms with Crippen molar-refractivity contribution in [2.24, 2.45) is 5.92 Å². The van der Waals surface area contributed by atoms with Crippen LogP contribution in [0.5, 0.6) is 0 Å². The Kier molecular flexibility index (Phi) is 3.94. The normalized spacial score (nSPS) is 13.4. The van der Waals surface area contributed by atoms with Gasteiger partial charge in [0.25, 0.3) is 5.91 Å². The zero-order valence-electron chi connectivity index (χ0n) is 13.7. The number of anilines is 2. The number of hydrogen-bond acceptors (Lipinski definition) is 2. The van der Waals surface area contributed by atoms with Crippen LogP contribution in [0.2, 0.25) is 0 Å². The Labute approximate surface area is 145 Å². The highest BCUT2D eigenvalue weighted by Crippen LogP contribution is 2.30. The molecule has 0 atom stereocenters. The van der Waals surface area contributed by atoms with E-state index in [1.165, 1.54) is 0 Å². The van der Waals surface area contributed by atoms with Crippen molar-refractivity contribution in [2.75, 3.05) is 10.6 Å². The smallest absolute Gasteiger partial charge is 0.255 e. The Morgan fingerprint density at radius 1 is 0.760 bits per heavy atom. The highest BCUT2D eigenvalue weighted by Gasteiger charge is 2.29. The average molecular weight is 330 g/mol. The van der Waals surface area contributed by atoms with Gasteiger partial charge in [0.15, 0.2) is 0 Å². The topological polar surface area (TPSA) is 58.2 Å². The van der Waals surface area contributed by atoms with E-state index in [9.17, 15) is 9.59 Å². The molecule has 2 amide bonds. The molecule has 0 aliphatic heterocycles. The summed E-state index contributed by atoms with van der Waals surface area (Å²) in [6.07, 6.45) is 1.96. The molecule has 4 nitrogen and oxygen atoms in total. The van der Waals surface area contributed by atoms with Crippen LogP contribution in [-0.4, -0.2) is 11.8 Å². The summed E-state index contributed by atoms with van der Waals surface area (Å²) in [7, 11) is 0. The molecular formula is C21H18N2O2. The summed E-state index contributed by atoms with van der Waals surface area (Å²) in [4.78, 5) is 24.2. The first kappa shape index (κ1) is 15.4. The number of fused-ring (bicyclic) bond motifs is 1. The van der Waals surface area contributed by atoms with E-state index in [1.807, 2.05) is 42.5 Å².